The van der Waals surface area contributed by atoms with Crippen LogP contribution in [0.5, 0.6) is 0 Å². The first-order valence-electron chi connectivity index (χ1n) is 9.53. The molecule has 0 saturated carbocycles. The van der Waals surface area contributed by atoms with Gasteiger partial charge in [0.2, 0.25) is 0 Å². The van der Waals surface area contributed by atoms with Crippen LogP contribution in [-0.2, 0) is 14.9 Å². The van der Waals surface area contributed by atoms with Crippen molar-refractivity contribution in [2.45, 2.75) is 31.6 Å². The molecule has 0 radical (unpaired) electrons. The lowest BCUT2D eigenvalue weighted by Gasteiger charge is -2.15. The third-order valence-corrected chi connectivity index (χ3v) is 6.37. The summed E-state index contributed by atoms with van der Waals surface area (Å²) in [5.74, 6) is 0.473. The maximum absolute atomic E-state index is 13.0. The van der Waals surface area contributed by atoms with E-state index in [1.807, 2.05) is 32.9 Å². The first-order chi connectivity index (χ1) is 14.6. The van der Waals surface area contributed by atoms with Gasteiger partial charge in [0.05, 0.1) is 23.3 Å². The normalized spacial score (nSPS) is 11.8. The molecule has 0 atom stereocenters. The Bertz CT molecular complexity index is 1200. The first-order valence-corrected chi connectivity index (χ1v) is 11.0. The number of hydrogen-bond acceptors (Lipinski definition) is 7. The van der Waals surface area contributed by atoms with Crippen LogP contribution in [0, 0.1) is 6.92 Å². The molecule has 0 saturated heterocycles. The maximum atomic E-state index is 13.0. The highest BCUT2D eigenvalue weighted by Crippen LogP contribution is 2.31. The quantitative estimate of drug-likeness (QED) is 0.554. The van der Waals surface area contributed by atoms with Gasteiger partial charge in [0.25, 0.3) is 21.8 Å². The van der Waals surface area contributed by atoms with Crippen LogP contribution in [0.3, 0.4) is 0 Å². The van der Waals surface area contributed by atoms with Crippen molar-refractivity contribution in [1.29, 1.82) is 0 Å². The number of hydrogen-bond donors (Lipinski definition) is 1. The average molecular weight is 445 g/mol. The van der Waals surface area contributed by atoms with Crippen LogP contribution in [0.25, 0.3) is 11.5 Å². The monoisotopic (exact) mass is 444 g/mol. The molecule has 1 aromatic heterocycles. The molecule has 31 heavy (non-hydrogen) atoms. The van der Waals surface area contributed by atoms with Gasteiger partial charge in [-0.1, -0.05) is 41.7 Å². The van der Waals surface area contributed by atoms with Crippen molar-refractivity contribution >= 4 is 21.6 Å². The zero-order valence-electron chi connectivity index (χ0n) is 17.9. The van der Waals surface area contributed by atoms with Gasteiger partial charge in [-0.15, -0.1) is 0 Å². The number of anilines is 1. The highest BCUT2D eigenvalue weighted by atomic mass is 32.2. The molecule has 1 amide bonds. The van der Waals surface area contributed by atoms with Gasteiger partial charge in [0.15, 0.2) is 5.82 Å². The Kier molecular flexibility index (Phi) is 6.54. The minimum Gasteiger partial charge on any atom is -0.334 e. The molecule has 164 valence electrons. The molecule has 1 N–H and O–H groups in total. The number of amides is 1. The number of carbonyl (C=O) groups excluding carboxylic acids is 1. The summed E-state index contributed by atoms with van der Waals surface area (Å²) in [7, 11) is -1.36. The van der Waals surface area contributed by atoms with Crippen LogP contribution in [0.2, 0.25) is 0 Å². The Labute approximate surface area is 181 Å². The van der Waals surface area contributed by atoms with Gasteiger partial charge in [-0.25, -0.2) is 8.42 Å². The smallest absolute Gasteiger partial charge is 0.264 e. The van der Waals surface area contributed by atoms with Gasteiger partial charge >= 0.3 is 0 Å². The molecule has 0 spiro atoms. The summed E-state index contributed by atoms with van der Waals surface area (Å²) in [6.45, 7) is 5.75. The van der Waals surface area contributed by atoms with Gasteiger partial charge in [0, 0.05) is 18.5 Å². The minimum atomic E-state index is -3.88. The lowest BCUT2D eigenvalue weighted by Crippen LogP contribution is -2.26. The average Bonchev–Trinajstić information content (AvgIpc) is 3.25. The second-order valence-electron chi connectivity index (χ2n) is 7.19. The van der Waals surface area contributed by atoms with Crippen LogP contribution in [0.1, 0.15) is 41.5 Å². The molecule has 0 unspecified atom stereocenters. The fraction of sp³-hybridized carbons (Fsp3) is 0.286. The molecule has 0 aliphatic rings. The van der Waals surface area contributed by atoms with Crippen molar-refractivity contribution in [3.8, 4) is 11.5 Å². The Morgan fingerprint density at radius 3 is 2.55 bits per heavy atom. The predicted molar refractivity (Wildman–Crippen MR) is 115 cm³/mol. The number of benzene rings is 2. The molecular formula is C21H24N4O5S. The summed E-state index contributed by atoms with van der Waals surface area (Å²) in [5.41, 5.74) is 2.05. The molecule has 9 nitrogen and oxygen atoms in total. The summed E-state index contributed by atoms with van der Waals surface area (Å²) < 4.78 is 31.1. The molecule has 0 fully saturated rings. The van der Waals surface area contributed by atoms with Crippen molar-refractivity contribution in [2.75, 3.05) is 19.5 Å². The van der Waals surface area contributed by atoms with E-state index in [4.69, 9.17) is 9.36 Å². The summed E-state index contributed by atoms with van der Waals surface area (Å²) in [6.07, 6.45) is 0. The molecule has 0 aliphatic carbocycles. The Balaban J connectivity index is 1.95. The molecule has 3 aromatic rings. The van der Waals surface area contributed by atoms with E-state index in [1.165, 1.54) is 38.4 Å². The van der Waals surface area contributed by atoms with Crippen LogP contribution in [0.4, 0.5) is 5.69 Å². The number of carbonyl (C=O) groups is 1. The summed E-state index contributed by atoms with van der Waals surface area (Å²) in [4.78, 5) is 22.1. The van der Waals surface area contributed by atoms with Crippen molar-refractivity contribution in [3.05, 3.63) is 59.4 Å². The zero-order chi connectivity index (χ0) is 22.8. The van der Waals surface area contributed by atoms with Crippen LogP contribution >= 0.6 is 0 Å². The molecule has 10 heteroatoms. The molecule has 2 aromatic carbocycles. The standard InChI is InChI=1S/C21H24N4O5S/c1-13(2)19-23-21(30-24-19)17-11-6-8-14(3)18(17)22-20(26)15-9-7-10-16(12-15)31(27,28)25(4)29-5/h6-13H,1-5H3,(H,22,26). The minimum absolute atomic E-state index is 0.0621. The SMILES string of the molecule is CON(C)S(=O)(=O)c1cccc(C(=O)Nc2c(C)cccc2-c2nc(C(C)C)no2)c1. The lowest BCUT2D eigenvalue weighted by atomic mass is 10.1. The summed E-state index contributed by atoms with van der Waals surface area (Å²) in [6, 6.07) is 11.2. The number of hydroxylamine groups is 1. The van der Waals surface area contributed by atoms with E-state index >= 15 is 0 Å². The summed E-state index contributed by atoms with van der Waals surface area (Å²) >= 11 is 0. The Hall–Kier alpha value is -3.08. The van der Waals surface area contributed by atoms with Crippen molar-refractivity contribution in [2.24, 2.45) is 0 Å². The first kappa shape index (κ1) is 22.6. The van der Waals surface area contributed by atoms with E-state index in [0.29, 0.717) is 23.0 Å². The van der Waals surface area contributed by atoms with E-state index in [9.17, 15) is 13.2 Å². The number of rotatable bonds is 7. The fourth-order valence-corrected chi connectivity index (χ4v) is 3.84. The largest absolute Gasteiger partial charge is 0.334 e. The number of sulfonamides is 1. The van der Waals surface area contributed by atoms with E-state index in [0.717, 1.165) is 10.0 Å². The lowest BCUT2D eigenvalue weighted by molar-refractivity contribution is -0.0258. The van der Waals surface area contributed by atoms with Gasteiger partial charge < -0.3 is 9.84 Å². The van der Waals surface area contributed by atoms with Gasteiger partial charge in [-0.3, -0.25) is 9.63 Å². The van der Waals surface area contributed by atoms with E-state index in [2.05, 4.69) is 15.5 Å². The van der Waals surface area contributed by atoms with Crippen LogP contribution in [0.15, 0.2) is 51.9 Å². The third kappa shape index (κ3) is 4.66. The van der Waals surface area contributed by atoms with Crippen LogP contribution in [-0.4, -0.2) is 43.1 Å². The second kappa shape index (κ2) is 8.96. The van der Waals surface area contributed by atoms with Gasteiger partial charge in [-0.05, 0) is 36.8 Å². The third-order valence-electron chi connectivity index (χ3n) is 4.69. The molecule has 0 bridgehead atoms. The van der Waals surface area contributed by atoms with E-state index < -0.39 is 15.9 Å². The highest BCUT2D eigenvalue weighted by molar-refractivity contribution is 7.89. The van der Waals surface area contributed by atoms with Gasteiger partial charge in [0.1, 0.15) is 0 Å². The second-order valence-corrected chi connectivity index (χ2v) is 9.12. The van der Waals surface area contributed by atoms with E-state index in [-0.39, 0.29) is 16.4 Å². The van der Waals surface area contributed by atoms with E-state index in [1.54, 1.807) is 6.07 Å². The number of aromatic nitrogens is 2. The zero-order valence-corrected chi connectivity index (χ0v) is 18.7. The van der Waals surface area contributed by atoms with Crippen molar-refractivity contribution in [1.82, 2.24) is 14.6 Å². The summed E-state index contributed by atoms with van der Waals surface area (Å²) in [5, 5.41) is 6.83. The number of nitrogens with zero attached hydrogens (tertiary/aromatic N) is 3. The Morgan fingerprint density at radius 1 is 1.19 bits per heavy atom. The topological polar surface area (TPSA) is 115 Å². The van der Waals surface area contributed by atoms with Crippen LogP contribution < -0.4 is 5.32 Å². The number of nitrogens with one attached hydrogen (secondary N) is 1. The van der Waals surface area contributed by atoms with Gasteiger partial charge in [-0.2, -0.15) is 4.98 Å². The molecule has 1 heterocycles. The van der Waals surface area contributed by atoms with Crippen molar-refractivity contribution in [3.63, 3.8) is 0 Å². The fourth-order valence-electron chi connectivity index (χ4n) is 2.82. The highest BCUT2D eigenvalue weighted by Gasteiger charge is 2.23. The molecule has 3 rings (SSSR count). The number of para-hydroxylation sites is 1. The van der Waals surface area contributed by atoms with Crippen molar-refractivity contribution < 1.29 is 22.6 Å². The molecular weight excluding hydrogens is 420 g/mol. The number of aryl methyl sites for hydroxylation is 1. The maximum Gasteiger partial charge on any atom is 0.264 e. The molecule has 0 aliphatic heterocycles. The predicted octanol–water partition coefficient (Wildman–Crippen LogP) is 3.60. The Morgan fingerprint density at radius 2 is 1.90 bits per heavy atom.